The molecule has 0 amide bonds. The van der Waals surface area contributed by atoms with Crippen LogP contribution < -0.4 is 15.2 Å². The fraction of sp³-hybridized carbons (Fsp3) is 0.417. The Labute approximate surface area is 219 Å². The van der Waals surface area contributed by atoms with Crippen molar-refractivity contribution in [3.63, 3.8) is 0 Å². The van der Waals surface area contributed by atoms with Crippen LogP contribution in [0.5, 0.6) is 11.5 Å². The molecule has 0 radical (unpaired) electrons. The summed E-state index contributed by atoms with van der Waals surface area (Å²) >= 11 is 0. The zero-order chi connectivity index (χ0) is 28.6. The number of aliphatic hydroxyl groups is 4. The molecule has 1 fully saturated rings. The topological polar surface area (TPSA) is 249 Å². The Morgan fingerprint density at radius 1 is 1.13 bits per heavy atom. The lowest BCUT2D eigenvalue weighted by Gasteiger charge is -2.39. The van der Waals surface area contributed by atoms with E-state index in [1.165, 1.54) is 35.1 Å². The third kappa shape index (κ3) is 5.57. The maximum absolute atomic E-state index is 11.9. The van der Waals surface area contributed by atoms with E-state index in [1.807, 2.05) is 0 Å². The highest BCUT2D eigenvalue weighted by molar-refractivity contribution is 5.89. The van der Waals surface area contributed by atoms with Crippen molar-refractivity contribution in [3.05, 3.63) is 41.1 Å². The molecule has 0 aliphatic carbocycles. The number of phenolic OH excluding ortho intramolecular Hbond substituents is 1. The number of fused-ring (bicyclic) bond motifs is 1. The predicted molar refractivity (Wildman–Crippen MR) is 124 cm³/mol. The van der Waals surface area contributed by atoms with Gasteiger partial charge in [0.15, 0.2) is 17.7 Å². The van der Waals surface area contributed by atoms with E-state index in [2.05, 4.69) is 5.32 Å². The number of rotatable bonds is 7. The van der Waals surface area contributed by atoms with Gasteiger partial charge in [0.2, 0.25) is 18.0 Å². The van der Waals surface area contributed by atoms with Crippen LogP contribution in [0.25, 0.3) is 0 Å². The Balaban J connectivity index is 1.69. The van der Waals surface area contributed by atoms with Gasteiger partial charge in [-0.15, -0.1) is 0 Å². The number of aliphatic carboxylic acids is 3. The van der Waals surface area contributed by atoms with Crippen LogP contribution in [0.2, 0.25) is 0 Å². The number of carbonyl (C=O) groups excluding carboxylic acids is 1. The van der Waals surface area contributed by atoms with Gasteiger partial charge in [-0.25, -0.2) is 9.59 Å². The molecule has 210 valence electrons. The second kappa shape index (κ2) is 11.0. The van der Waals surface area contributed by atoms with Crippen LogP contribution in [-0.4, -0.2) is 114 Å². The largest absolute Gasteiger partial charge is 0.543 e. The lowest BCUT2D eigenvalue weighted by atomic mass is 9.99. The molecule has 3 aliphatic heterocycles. The Morgan fingerprint density at radius 2 is 1.85 bits per heavy atom. The standard InChI is InChI=1S/C24H26N2O13/c27-8-17-18(29)19(30)20(31)24(39-17)38-16-7-13-10(6-15(16)28)5-14(23(36)37)26(13)2-1-9-3-11(21(32)33)25-12(4-9)22(34)35/h1-3,6-7,12,14,17-20,24,27,29-31H,4-5,8H2,(H4,28,32,33,34,35,36,37)/t12-,14+,17-,18-,19-,20-,24-/m1/s1. The number of aliphatic hydroxyl groups excluding tert-OH is 4. The fourth-order valence-corrected chi connectivity index (χ4v) is 4.57. The molecule has 39 heavy (non-hydrogen) atoms. The van der Waals surface area contributed by atoms with Crippen molar-refractivity contribution in [1.82, 2.24) is 5.32 Å². The molecule has 0 saturated carbocycles. The predicted octanol–water partition coefficient (Wildman–Crippen LogP) is -3.70. The molecule has 0 aromatic heterocycles. The first kappa shape index (κ1) is 28.0. The number of carboxylic acids is 3. The molecule has 0 unspecified atom stereocenters. The van der Waals surface area contributed by atoms with E-state index >= 15 is 0 Å². The number of carbonyl (C=O) groups is 3. The second-order valence-corrected chi connectivity index (χ2v) is 9.20. The highest BCUT2D eigenvalue weighted by Crippen LogP contribution is 2.40. The molecule has 7 atom stereocenters. The van der Waals surface area contributed by atoms with Gasteiger partial charge in [-0.05, 0) is 17.7 Å². The third-order valence-electron chi connectivity index (χ3n) is 6.63. The van der Waals surface area contributed by atoms with Gasteiger partial charge < -0.3 is 60.4 Å². The molecule has 0 bridgehead atoms. The van der Waals surface area contributed by atoms with Gasteiger partial charge in [0, 0.05) is 24.5 Å². The Kier molecular flexibility index (Phi) is 7.89. The third-order valence-corrected chi connectivity index (χ3v) is 6.63. The van der Waals surface area contributed by atoms with Crippen molar-refractivity contribution < 1.29 is 69.3 Å². The summed E-state index contributed by atoms with van der Waals surface area (Å²) in [7, 11) is 0. The molecule has 1 saturated heterocycles. The molecule has 15 heteroatoms. The minimum atomic E-state index is -1.77. The minimum absolute atomic E-state index is 0.0965. The van der Waals surface area contributed by atoms with E-state index in [4.69, 9.17) is 9.47 Å². The normalized spacial score (nSPS) is 32.3. The summed E-state index contributed by atoms with van der Waals surface area (Å²) in [5.74, 6) is -4.87. The average Bonchev–Trinajstić information content (AvgIpc) is 3.24. The smallest absolute Gasteiger partial charge is 0.351 e. The van der Waals surface area contributed by atoms with Crippen molar-refractivity contribution in [3.8, 4) is 11.5 Å². The van der Waals surface area contributed by atoms with Gasteiger partial charge in [0.05, 0.1) is 12.7 Å². The summed E-state index contributed by atoms with van der Waals surface area (Å²) in [6.45, 7) is -0.706. The van der Waals surface area contributed by atoms with Crippen LogP contribution in [0.15, 0.2) is 35.6 Å². The first-order chi connectivity index (χ1) is 18.4. The number of ether oxygens (including phenoxy) is 2. The van der Waals surface area contributed by atoms with Gasteiger partial charge in [-0.2, -0.15) is 4.58 Å². The second-order valence-electron chi connectivity index (χ2n) is 9.20. The molecule has 1 aromatic carbocycles. The lowest BCUT2D eigenvalue weighted by molar-refractivity contribution is -0.475. The molecule has 3 aliphatic rings. The fourth-order valence-electron chi connectivity index (χ4n) is 4.57. The maximum atomic E-state index is 11.9. The summed E-state index contributed by atoms with van der Waals surface area (Å²) in [4.78, 5) is 34.7. The monoisotopic (exact) mass is 550 g/mol. The summed E-state index contributed by atoms with van der Waals surface area (Å²) < 4.78 is 12.1. The lowest BCUT2D eigenvalue weighted by Crippen LogP contribution is -2.60. The number of nitrogens with zero attached hydrogens (tertiary/aromatic N) is 1. The van der Waals surface area contributed by atoms with E-state index in [9.17, 15) is 55.2 Å². The number of phenols is 1. The van der Waals surface area contributed by atoms with Gasteiger partial charge in [0.25, 0.3) is 0 Å². The zero-order valence-electron chi connectivity index (χ0n) is 20.1. The maximum Gasteiger partial charge on any atom is 0.351 e. The summed E-state index contributed by atoms with van der Waals surface area (Å²) in [5.41, 5.74) is 0.518. The molecule has 15 nitrogen and oxygen atoms in total. The Morgan fingerprint density at radius 3 is 2.46 bits per heavy atom. The molecule has 0 spiro atoms. The average molecular weight is 550 g/mol. The molecular formula is C24H26N2O13. The van der Waals surface area contributed by atoms with Crippen molar-refractivity contribution in [2.45, 2.75) is 55.6 Å². The zero-order valence-corrected chi connectivity index (χ0v) is 20.1. The van der Waals surface area contributed by atoms with Crippen LogP contribution in [0.1, 0.15) is 12.0 Å². The van der Waals surface area contributed by atoms with Crippen molar-refractivity contribution >= 4 is 29.8 Å². The molecule has 8 N–H and O–H groups in total. The number of hydrogen-bond donors (Lipinski definition) is 8. The van der Waals surface area contributed by atoms with Crippen molar-refractivity contribution in [2.24, 2.45) is 0 Å². The number of carboxylic acid groups (broad SMARTS) is 3. The highest BCUT2D eigenvalue weighted by Gasteiger charge is 2.45. The number of nitrogens with one attached hydrogen (secondary N) is 1. The van der Waals surface area contributed by atoms with E-state index in [-0.39, 0.29) is 35.5 Å². The number of aromatic hydroxyl groups is 1. The van der Waals surface area contributed by atoms with Gasteiger partial charge in [-0.3, -0.25) is 0 Å². The molecule has 1 aromatic rings. The van der Waals surface area contributed by atoms with E-state index in [0.29, 0.717) is 5.56 Å². The number of benzene rings is 1. The van der Waals surface area contributed by atoms with E-state index in [1.54, 1.807) is 0 Å². The highest BCUT2D eigenvalue weighted by atomic mass is 16.7. The van der Waals surface area contributed by atoms with Gasteiger partial charge in [0.1, 0.15) is 42.1 Å². The van der Waals surface area contributed by atoms with E-state index < -0.39 is 73.1 Å². The van der Waals surface area contributed by atoms with Gasteiger partial charge >= 0.3 is 11.9 Å². The minimum Gasteiger partial charge on any atom is -0.543 e. The quantitative estimate of drug-likeness (QED) is 0.152. The SMILES string of the molecule is O=C(O)C1=C/C(=C/C=[N+]2c3cc(O[C@@H]4O[C@H](CO)[C@@H](O)[C@@H](O)[C@H]4O)c(O)cc3C[C@H]2C(=O)[O-])C[C@H](C(=O)O)N1. The summed E-state index contributed by atoms with van der Waals surface area (Å²) in [6, 6.07) is -0.0120. The Bertz CT molecular complexity index is 1270. The summed E-state index contributed by atoms with van der Waals surface area (Å²) in [6.07, 6.45) is -4.35. The first-order valence-corrected chi connectivity index (χ1v) is 11.7. The number of allylic oxidation sites excluding steroid dienone is 2. The van der Waals surface area contributed by atoms with Crippen LogP contribution in [-0.2, 0) is 25.5 Å². The van der Waals surface area contributed by atoms with Crippen molar-refractivity contribution in [2.75, 3.05) is 6.61 Å². The van der Waals surface area contributed by atoms with Crippen LogP contribution in [0.3, 0.4) is 0 Å². The van der Waals surface area contributed by atoms with Crippen LogP contribution in [0.4, 0.5) is 5.69 Å². The molecule has 3 heterocycles. The van der Waals surface area contributed by atoms with E-state index in [0.717, 1.165) is 0 Å². The first-order valence-electron chi connectivity index (χ1n) is 11.7. The number of hydrogen-bond acceptors (Lipinski definition) is 12. The molecular weight excluding hydrogens is 524 g/mol. The van der Waals surface area contributed by atoms with Crippen molar-refractivity contribution in [1.29, 1.82) is 0 Å². The van der Waals surface area contributed by atoms with Crippen LogP contribution >= 0.6 is 0 Å². The summed E-state index contributed by atoms with van der Waals surface area (Å²) in [5, 5.41) is 83.0. The van der Waals surface area contributed by atoms with Gasteiger partial charge in [-0.1, -0.05) is 0 Å². The van der Waals surface area contributed by atoms with Crippen LogP contribution in [0, 0.1) is 0 Å². The molecule has 4 rings (SSSR count). The Hall–Kier alpha value is -4.02.